The molecule has 18 heavy (non-hydrogen) atoms. The van der Waals surface area contributed by atoms with Crippen LogP contribution >= 0.6 is 0 Å². The summed E-state index contributed by atoms with van der Waals surface area (Å²) in [5, 5.41) is 9.04. The number of hydrogen-bond donors (Lipinski definition) is 1. The SMILES string of the molecule is Cc1ccc(N(C)CCCC(C)(C)C(=O)O)cc1. The summed E-state index contributed by atoms with van der Waals surface area (Å²) in [7, 11) is 2.04. The maximum atomic E-state index is 11.0. The zero-order valence-electron chi connectivity index (χ0n) is 11.7. The molecular weight excluding hydrogens is 226 g/mol. The smallest absolute Gasteiger partial charge is 0.309 e. The van der Waals surface area contributed by atoms with E-state index in [4.69, 9.17) is 5.11 Å². The van der Waals surface area contributed by atoms with E-state index in [1.165, 1.54) is 11.3 Å². The van der Waals surface area contributed by atoms with Crippen LogP contribution in [0.5, 0.6) is 0 Å². The summed E-state index contributed by atoms with van der Waals surface area (Å²) in [4.78, 5) is 13.2. The fraction of sp³-hybridized carbons (Fsp3) is 0.533. The first-order chi connectivity index (χ1) is 8.33. The van der Waals surface area contributed by atoms with Crippen LogP contribution in [0.25, 0.3) is 0 Å². The van der Waals surface area contributed by atoms with Crippen LogP contribution in [0.3, 0.4) is 0 Å². The molecule has 0 heterocycles. The van der Waals surface area contributed by atoms with Crippen LogP contribution in [0.2, 0.25) is 0 Å². The number of carbonyl (C=O) groups is 1. The van der Waals surface area contributed by atoms with Gasteiger partial charge in [0.05, 0.1) is 5.41 Å². The zero-order valence-corrected chi connectivity index (χ0v) is 11.7. The lowest BCUT2D eigenvalue weighted by Crippen LogP contribution is -2.26. The summed E-state index contributed by atoms with van der Waals surface area (Å²) in [6.45, 7) is 6.50. The molecule has 1 aromatic carbocycles. The van der Waals surface area contributed by atoms with Crippen molar-refractivity contribution in [1.82, 2.24) is 0 Å². The first-order valence-corrected chi connectivity index (χ1v) is 6.34. The van der Waals surface area contributed by atoms with E-state index in [9.17, 15) is 4.79 Å². The highest BCUT2D eigenvalue weighted by Gasteiger charge is 2.26. The lowest BCUT2D eigenvalue weighted by molar-refractivity contribution is -0.147. The third-order valence-corrected chi connectivity index (χ3v) is 3.35. The third-order valence-electron chi connectivity index (χ3n) is 3.35. The van der Waals surface area contributed by atoms with E-state index >= 15 is 0 Å². The number of aliphatic carboxylic acids is 1. The van der Waals surface area contributed by atoms with Gasteiger partial charge < -0.3 is 10.0 Å². The molecule has 0 aliphatic carbocycles. The lowest BCUT2D eigenvalue weighted by Gasteiger charge is -2.23. The quantitative estimate of drug-likeness (QED) is 0.840. The van der Waals surface area contributed by atoms with Crippen molar-refractivity contribution < 1.29 is 9.90 Å². The normalized spacial score (nSPS) is 11.3. The molecule has 0 unspecified atom stereocenters. The van der Waals surface area contributed by atoms with Gasteiger partial charge in [-0.25, -0.2) is 0 Å². The van der Waals surface area contributed by atoms with Crippen LogP contribution in [0.15, 0.2) is 24.3 Å². The van der Waals surface area contributed by atoms with Crippen molar-refractivity contribution in [3.63, 3.8) is 0 Å². The second-order valence-electron chi connectivity index (χ2n) is 5.55. The molecule has 1 aromatic rings. The largest absolute Gasteiger partial charge is 0.481 e. The summed E-state index contributed by atoms with van der Waals surface area (Å²) in [5.74, 6) is -0.722. The Labute approximate surface area is 109 Å². The predicted octanol–water partition coefficient (Wildman–Crippen LogP) is 3.32. The van der Waals surface area contributed by atoms with E-state index in [0.29, 0.717) is 6.42 Å². The summed E-state index contributed by atoms with van der Waals surface area (Å²) < 4.78 is 0. The molecule has 0 fully saturated rings. The second-order valence-corrected chi connectivity index (χ2v) is 5.55. The molecule has 3 nitrogen and oxygen atoms in total. The molecule has 1 N–H and O–H groups in total. The van der Waals surface area contributed by atoms with Crippen LogP contribution < -0.4 is 4.90 Å². The van der Waals surface area contributed by atoms with Crippen molar-refractivity contribution >= 4 is 11.7 Å². The maximum absolute atomic E-state index is 11.0. The van der Waals surface area contributed by atoms with Crippen molar-refractivity contribution in [1.29, 1.82) is 0 Å². The Hall–Kier alpha value is -1.51. The molecule has 0 bridgehead atoms. The van der Waals surface area contributed by atoms with E-state index in [-0.39, 0.29) is 0 Å². The molecule has 0 saturated heterocycles. The Bertz CT molecular complexity index is 395. The number of carboxylic acids is 1. The summed E-state index contributed by atoms with van der Waals surface area (Å²) in [6, 6.07) is 8.37. The molecule has 0 amide bonds. The van der Waals surface area contributed by atoms with Crippen LogP contribution in [0.1, 0.15) is 32.3 Å². The molecule has 0 radical (unpaired) electrons. The molecule has 0 spiro atoms. The molecule has 0 aliphatic heterocycles. The van der Waals surface area contributed by atoms with E-state index in [0.717, 1.165) is 13.0 Å². The third kappa shape index (κ3) is 4.06. The average Bonchev–Trinajstić information content (AvgIpc) is 2.29. The average molecular weight is 249 g/mol. The molecule has 0 aliphatic rings. The highest BCUT2D eigenvalue weighted by atomic mass is 16.4. The number of aryl methyl sites for hydroxylation is 1. The number of benzene rings is 1. The number of anilines is 1. The monoisotopic (exact) mass is 249 g/mol. The van der Waals surface area contributed by atoms with Gasteiger partial charge in [0.2, 0.25) is 0 Å². The Kier molecular flexibility index (Phi) is 4.76. The van der Waals surface area contributed by atoms with Crippen LogP contribution in [0, 0.1) is 12.3 Å². The van der Waals surface area contributed by atoms with Gasteiger partial charge in [0, 0.05) is 19.3 Å². The fourth-order valence-corrected chi connectivity index (χ4v) is 1.79. The maximum Gasteiger partial charge on any atom is 0.309 e. The van der Waals surface area contributed by atoms with Crippen LogP contribution in [0.4, 0.5) is 5.69 Å². The Morgan fingerprint density at radius 3 is 2.33 bits per heavy atom. The lowest BCUT2D eigenvalue weighted by atomic mass is 9.88. The van der Waals surface area contributed by atoms with Crippen LogP contribution in [-0.4, -0.2) is 24.7 Å². The number of rotatable bonds is 6. The minimum absolute atomic E-state index is 0.631. The minimum Gasteiger partial charge on any atom is -0.481 e. The van der Waals surface area contributed by atoms with Gasteiger partial charge in [-0.05, 0) is 45.7 Å². The predicted molar refractivity (Wildman–Crippen MR) is 75.1 cm³/mol. The zero-order chi connectivity index (χ0) is 13.8. The Morgan fingerprint density at radius 1 is 1.28 bits per heavy atom. The van der Waals surface area contributed by atoms with Gasteiger partial charge in [-0.2, -0.15) is 0 Å². The highest BCUT2D eigenvalue weighted by Crippen LogP contribution is 2.23. The Morgan fingerprint density at radius 2 is 1.83 bits per heavy atom. The van der Waals surface area contributed by atoms with Gasteiger partial charge in [-0.3, -0.25) is 4.79 Å². The van der Waals surface area contributed by atoms with Gasteiger partial charge in [0.1, 0.15) is 0 Å². The van der Waals surface area contributed by atoms with Crippen molar-refractivity contribution in [2.24, 2.45) is 5.41 Å². The van der Waals surface area contributed by atoms with E-state index in [2.05, 4.69) is 36.1 Å². The van der Waals surface area contributed by atoms with Gasteiger partial charge in [0.25, 0.3) is 0 Å². The van der Waals surface area contributed by atoms with Crippen LogP contribution in [-0.2, 0) is 4.79 Å². The van der Waals surface area contributed by atoms with Crippen molar-refractivity contribution in [2.75, 3.05) is 18.5 Å². The first-order valence-electron chi connectivity index (χ1n) is 6.34. The number of hydrogen-bond acceptors (Lipinski definition) is 2. The van der Waals surface area contributed by atoms with Gasteiger partial charge in [-0.15, -0.1) is 0 Å². The van der Waals surface area contributed by atoms with E-state index in [1.54, 1.807) is 13.8 Å². The molecular formula is C15H23NO2. The van der Waals surface area contributed by atoms with Gasteiger partial charge in [-0.1, -0.05) is 17.7 Å². The molecule has 0 saturated carbocycles. The van der Waals surface area contributed by atoms with Gasteiger partial charge >= 0.3 is 5.97 Å². The summed E-state index contributed by atoms with van der Waals surface area (Å²) in [6.07, 6.45) is 1.57. The molecule has 1 rings (SSSR count). The number of carboxylic acid groups (broad SMARTS) is 1. The molecule has 100 valence electrons. The summed E-state index contributed by atoms with van der Waals surface area (Å²) >= 11 is 0. The standard InChI is InChI=1S/C15H23NO2/c1-12-6-8-13(9-7-12)16(4)11-5-10-15(2,3)14(17)18/h6-9H,5,10-11H2,1-4H3,(H,17,18). The first kappa shape index (κ1) is 14.6. The highest BCUT2D eigenvalue weighted by molar-refractivity contribution is 5.73. The Balaban J connectivity index is 2.45. The van der Waals surface area contributed by atoms with E-state index < -0.39 is 11.4 Å². The molecule has 0 atom stereocenters. The van der Waals surface area contributed by atoms with E-state index in [1.807, 2.05) is 7.05 Å². The fourth-order valence-electron chi connectivity index (χ4n) is 1.79. The second kappa shape index (κ2) is 5.89. The van der Waals surface area contributed by atoms with Gasteiger partial charge in [0.15, 0.2) is 0 Å². The van der Waals surface area contributed by atoms with Crippen molar-refractivity contribution in [3.8, 4) is 0 Å². The number of nitrogens with zero attached hydrogens (tertiary/aromatic N) is 1. The minimum atomic E-state index is -0.722. The van der Waals surface area contributed by atoms with Crippen molar-refractivity contribution in [2.45, 2.75) is 33.6 Å². The molecule has 3 heteroatoms. The van der Waals surface area contributed by atoms with Crippen molar-refractivity contribution in [3.05, 3.63) is 29.8 Å². The summed E-state index contributed by atoms with van der Waals surface area (Å²) in [5.41, 5.74) is 1.79. The molecule has 0 aromatic heterocycles. The topological polar surface area (TPSA) is 40.5 Å².